The molecule has 1 atom stereocenters. The average Bonchev–Trinajstić information content (AvgIpc) is 2.28. The Kier molecular flexibility index (Phi) is 5.93. The van der Waals surface area contributed by atoms with Gasteiger partial charge < -0.3 is 5.32 Å². The van der Waals surface area contributed by atoms with Gasteiger partial charge in [0.15, 0.2) is 0 Å². The van der Waals surface area contributed by atoms with Gasteiger partial charge in [-0.15, -0.1) is 11.8 Å². The fourth-order valence-corrected chi connectivity index (χ4v) is 2.34. The molecule has 18 heavy (non-hydrogen) atoms. The molecule has 0 radical (unpaired) electrons. The van der Waals surface area contributed by atoms with Gasteiger partial charge >= 0.3 is 0 Å². The largest absolute Gasteiger partial charge is 0.370 e. The minimum atomic E-state index is 0.359. The zero-order chi connectivity index (χ0) is 13.7. The highest BCUT2D eigenvalue weighted by Crippen LogP contribution is 2.28. The van der Waals surface area contributed by atoms with Crippen molar-refractivity contribution >= 4 is 17.6 Å². The lowest BCUT2D eigenvalue weighted by Crippen LogP contribution is -2.09. The maximum Gasteiger partial charge on any atom is 0.134 e. The Morgan fingerprint density at radius 1 is 1.17 bits per heavy atom. The van der Waals surface area contributed by atoms with E-state index < -0.39 is 0 Å². The monoisotopic (exact) mass is 267 g/mol. The maximum absolute atomic E-state index is 4.65. The summed E-state index contributed by atoms with van der Waals surface area (Å²) in [4.78, 5) is 9.19. The second-order valence-corrected chi connectivity index (χ2v) is 6.60. The first kappa shape index (κ1) is 15.3. The van der Waals surface area contributed by atoms with Crippen molar-refractivity contribution < 1.29 is 0 Å². The molecular weight excluding hydrogens is 242 g/mol. The number of anilines is 1. The number of thioether (sulfide) groups is 1. The highest BCUT2D eigenvalue weighted by atomic mass is 32.2. The summed E-state index contributed by atoms with van der Waals surface area (Å²) in [6.07, 6.45) is 0. The topological polar surface area (TPSA) is 37.8 Å². The molecule has 0 saturated heterocycles. The van der Waals surface area contributed by atoms with E-state index in [9.17, 15) is 0 Å². The first-order valence-corrected chi connectivity index (χ1v) is 7.61. The predicted molar refractivity (Wildman–Crippen MR) is 80.4 cm³/mol. The summed E-state index contributed by atoms with van der Waals surface area (Å²) in [7, 11) is 0. The van der Waals surface area contributed by atoms with Crippen molar-refractivity contribution in [2.75, 3.05) is 11.9 Å². The molecule has 1 aromatic heterocycles. The number of hydrogen-bond donors (Lipinski definition) is 1. The standard InChI is InChI=1S/C14H25N3S/c1-7-15-12-8-13(18-11(6)9(2)3)17-14(16-12)10(4)5/h8-11H,7H2,1-6H3,(H,15,16,17). The molecule has 0 amide bonds. The van der Waals surface area contributed by atoms with Gasteiger partial charge in [-0.05, 0) is 12.8 Å². The number of nitrogens with one attached hydrogen (secondary N) is 1. The summed E-state index contributed by atoms with van der Waals surface area (Å²) in [6.45, 7) is 14.0. The molecule has 0 fully saturated rings. The third kappa shape index (κ3) is 4.48. The van der Waals surface area contributed by atoms with E-state index in [1.54, 1.807) is 0 Å². The van der Waals surface area contributed by atoms with E-state index in [-0.39, 0.29) is 0 Å². The van der Waals surface area contributed by atoms with Gasteiger partial charge in [-0.3, -0.25) is 0 Å². The summed E-state index contributed by atoms with van der Waals surface area (Å²) in [5, 5.41) is 4.92. The fraction of sp³-hybridized carbons (Fsp3) is 0.714. The smallest absolute Gasteiger partial charge is 0.134 e. The molecule has 1 N–H and O–H groups in total. The van der Waals surface area contributed by atoms with Crippen LogP contribution in [-0.4, -0.2) is 21.8 Å². The van der Waals surface area contributed by atoms with E-state index in [1.807, 2.05) is 11.8 Å². The highest BCUT2D eigenvalue weighted by Gasteiger charge is 2.13. The lowest BCUT2D eigenvalue weighted by atomic mass is 10.2. The van der Waals surface area contributed by atoms with Gasteiger partial charge in [0, 0.05) is 23.8 Å². The number of rotatable bonds is 6. The molecule has 4 heteroatoms. The minimum Gasteiger partial charge on any atom is -0.370 e. The van der Waals surface area contributed by atoms with Crippen LogP contribution in [0.3, 0.4) is 0 Å². The van der Waals surface area contributed by atoms with E-state index >= 15 is 0 Å². The van der Waals surface area contributed by atoms with Gasteiger partial charge in [-0.2, -0.15) is 0 Å². The first-order chi connectivity index (χ1) is 8.43. The Labute approximate surface area is 115 Å². The molecule has 0 saturated carbocycles. The summed E-state index contributed by atoms with van der Waals surface area (Å²) in [5.74, 6) is 2.87. The normalized spacial score (nSPS) is 13.1. The summed E-state index contributed by atoms with van der Waals surface area (Å²) in [5.41, 5.74) is 0. The Hall–Kier alpha value is -0.770. The maximum atomic E-state index is 4.65. The lowest BCUT2D eigenvalue weighted by molar-refractivity contribution is 0.640. The van der Waals surface area contributed by atoms with E-state index in [0.29, 0.717) is 17.1 Å². The van der Waals surface area contributed by atoms with Crippen LogP contribution in [0.25, 0.3) is 0 Å². The zero-order valence-electron chi connectivity index (χ0n) is 12.3. The quantitative estimate of drug-likeness (QED) is 0.620. The Bertz CT molecular complexity index is 377. The summed E-state index contributed by atoms with van der Waals surface area (Å²) < 4.78 is 0. The van der Waals surface area contributed by atoms with Crippen LogP contribution in [0.15, 0.2) is 11.1 Å². The van der Waals surface area contributed by atoms with E-state index in [1.165, 1.54) is 0 Å². The Morgan fingerprint density at radius 2 is 1.83 bits per heavy atom. The molecule has 0 aliphatic heterocycles. The third-order valence-electron chi connectivity index (χ3n) is 2.84. The first-order valence-electron chi connectivity index (χ1n) is 6.73. The lowest BCUT2D eigenvalue weighted by Gasteiger charge is -2.16. The van der Waals surface area contributed by atoms with Crippen LogP contribution in [0.1, 0.15) is 53.3 Å². The Balaban J connectivity index is 2.95. The van der Waals surface area contributed by atoms with Crippen molar-refractivity contribution in [1.29, 1.82) is 0 Å². The minimum absolute atomic E-state index is 0.359. The van der Waals surface area contributed by atoms with E-state index in [4.69, 9.17) is 0 Å². The molecule has 1 aromatic rings. The van der Waals surface area contributed by atoms with Crippen molar-refractivity contribution in [3.05, 3.63) is 11.9 Å². The van der Waals surface area contributed by atoms with Crippen LogP contribution in [0.2, 0.25) is 0 Å². The van der Waals surface area contributed by atoms with Crippen LogP contribution in [-0.2, 0) is 0 Å². The Morgan fingerprint density at radius 3 is 2.33 bits per heavy atom. The molecule has 0 aliphatic rings. The van der Waals surface area contributed by atoms with Crippen molar-refractivity contribution in [2.45, 2.75) is 57.7 Å². The van der Waals surface area contributed by atoms with Gasteiger partial charge in [0.05, 0.1) is 0 Å². The van der Waals surface area contributed by atoms with Crippen molar-refractivity contribution in [3.63, 3.8) is 0 Å². The summed E-state index contributed by atoms with van der Waals surface area (Å²) in [6, 6.07) is 2.05. The predicted octanol–water partition coefficient (Wildman–Crippen LogP) is 4.17. The van der Waals surface area contributed by atoms with Crippen LogP contribution in [0.5, 0.6) is 0 Å². The van der Waals surface area contributed by atoms with Gasteiger partial charge in [-0.1, -0.05) is 34.6 Å². The molecule has 1 heterocycles. The number of aromatic nitrogens is 2. The van der Waals surface area contributed by atoms with Crippen LogP contribution in [0.4, 0.5) is 5.82 Å². The van der Waals surface area contributed by atoms with Crippen molar-refractivity contribution in [1.82, 2.24) is 9.97 Å². The van der Waals surface area contributed by atoms with Gasteiger partial charge in [0.1, 0.15) is 16.7 Å². The molecule has 1 rings (SSSR count). The fourth-order valence-electron chi connectivity index (χ4n) is 1.36. The van der Waals surface area contributed by atoms with Crippen LogP contribution < -0.4 is 5.32 Å². The van der Waals surface area contributed by atoms with Gasteiger partial charge in [-0.25, -0.2) is 9.97 Å². The summed E-state index contributed by atoms with van der Waals surface area (Å²) >= 11 is 1.83. The molecule has 0 spiro atoms. The molecule has 0 aliphatic carbocycles. The van der Waals surface area contributed by atoms with Crippen molar-refractivity contribution in [2.24, 2.45) is 5.92 Å². The molecule has 0 aromatic carbocycles. The number of hydrogen-bond acceptors (Lipinski definition) is 4. The molecule has 3 nitrogen and oxygen atoms in total. The van der Waals surface area contributed by atoms with Crippen molar-refractivity contribution in [3.8, 4) is 0 Å². The molecule has 1 unspecified atom stereocenters. The molecule has 102 valence electrons. The van der Waals surface area contributed by atoms with Crippen LogP contribution in [0, 0.1) is 5.92 Å². The highest BCUT2D eigenvalue weighted by molar-refractivity contribution is 7.99. The van der Waals surface area contributed by atoms with Gasteiger partial charge in [0.25, 0.3) is 0 Å². The van der Waals surface area contributed by atoms with E-state index in [0.717, 1.165) is 23.2 Å². The third-order valence-corrected chi connectivity index (χ3v) is 4.21. The number of nitrogens with zero attached hydrogens (tertiary/aromatic N) is 2. The zero-order valence-corrected chi connectivity index (χ0v) is 13.1. The SMILES string of the molecule is CCNc1cc(SC(C)C(C)C)nc(C(C)C)n1. The second-order valence-electron chi connectivity index (χ2n) is 5.20. The van der Waals surface area contributed by atoms with Crippen LogP contribution >= 0.6 is 11.8 Å². The molecule has 0 bridgehead atoms. The molecular formula is C14H25N3S. The van der Waals surface area contributed by atoms with Gasteiger partial charge in [0.2, 0.25) is 0 Å². The second kappa shape index (κ2) is 6.98. The average molecular weight is 267 g/mol. The van der Waals surface area contributed by atoms with E-state index in [2.05, 4.69) is 62.9 Å².